The molecule has 0 atom stereocenters. The molecular formula is C17H18N2OS. The number of benzene rings is 2. The van der Waals surface area contributed by atoms with E-state index in [9.17, 15) is 4.79 Å². The third-order valence-electron chi connectivity index (χ3n) is 3.27. The van der Waals surface area contributed by atoms with Crippen LogP contribution in [0.5, 0.6) is 0 Å². The van der Waals surface area contributed by atoms with Crippen LogP contribution in [0.15, 0.2) is 48.5 Å². The lowest BCUT2D eigenvalue weighted by Gasteiger charge is -2.21. The number of hydrogen-bond acceptors (Lipinski definition) is 2. The molecule has 0 aliphatic rings. The van der Waals surface area contributed by atoms with Crippen molar-refractivity contribution in [2.75, 3.05) is 11.4 Å². The molecular weight excluding hydrogens is 280 g/mol. The van der Waals surface area contributed by atoms with Crippen LogP contribution < -0.4 is 10.6 Å². The van der Waals surface area contributed by atoms with E-state index < -0.39 is 0 Å². The topological polar surface area (TPSA) is 46.3 Å². The van der Waals surface area contributed by atoms with Gasteiger partial charge in [-0.1, -0.05) is 36.5 Å². The summed E-state index contributed by atoms with van der Waals surface area (Å²) in [7, 11) is 0. The first kappa shape index (κ1) is 15.2. The highest BCUT2D eigenvalue weighted by Crippen LogP contribution is 2.19. The summed E-state index contributed by atoms with van der Waals surface area (Å²) in [4.78, 5) is 14.7. The minimum atomic E-state index is -0.0544. The number of carbonyl (C=O) groups excluding carboxylic acids is 1. The van der Waals surface area contributed by atoms with E-state index >= 15 is 0 Å². The van der Waals surface area contributed by atoms with Crippen molar-refractivity contribution in [3.05, 3.63) is 65.2 Å². The molecule has 0 radical (unpaired) electrons. The second-order valence-corrected chi connectivity index (χ2v) is 5.27. The molecule has 0 fully saturated rings. The van der Waals surface area contributed by atoms with Crippen LogP contribution in [0.25, 0.3) is 0 Å². The third-order valence-corrected chi connectivity index (χ3v) is 3.50. The number of thiocarbonyl (C=S) groups is 1. The molecule has 2 rings (SSSR count). The highest BCUT2D eigenvalue weighted by molar-refractivity contribution is 7.80. The van der Waals surface area contributed by atoms with E-state index in [1.54, 1.807) is 23.1 Å². The van der Waals surface area contributed by atoms with E-state index in [4.69, 9.17) is 18.0 Å². The third kappa shape index (κ3) is 3.47. The van der Waals surface area contributed by atoms with Crippen LogP contribution in [0.1, 0.15) is 28.4 Å². The van der Waals surface area contributed by atoms with E-state index in [1.165, 1.54) is 0 Å². The summed E-state index contributed by atoms with van der Waals surface area (Å²) in [6.45, 7) is 4.56. The summed E-state index contributed by atoms with van der Waals surface area (Å²) in [6.07, 6.45) is 0. The van der Waals surface area contributed by atoms with Crippen molar-refractivity contribution in [1.82, 2.24) is 0 Å². The maximum Gasteiger partial charge on any atom is 0.258 e. The molecule has 4 heteroatoms. The van der Waals surface area contributed by atoms with Gasteiger partial charge in [0.15, 0.2) is 0 Å². The lowest BCUT2D eigenvalue weighted by Crippen LogP contribution is -2.30. The van der Waals surface area contributed by atoms with Gasteiger partial charge < -0.3 is 10.6 Å². The fourth-order valence-corrected chi connectivity index (χ4v) is 2.33. The predicted octanol–water partition coefficient (Wildman–Crippen LogP) is 3.30. The van der Waals surface area contributed by atoms with Gasteiger partial charge in [0.25, 0.3) is 5.91 Å². The van der Waals surface area contributed by atoms with E-state index in [1.807, 2.05) is 44.2 Å². The largest absolute Gasteiger partial charge is 0.389 e. The minimum Gasteiger partial charge on any atom is -0.389 e. The van der Waals surface area contributed by atoms with E-state index in [-0.39, 0.29) is 5.91 Å². The zero-order chi connectivity index (χ0) is 15.4. The van der Waals surface area contributed by atoms with Gasteiger partial charge in [0, 0.05) is 23.4 Å². The van der Waals surface area contributed by atoms with Crippen molar-refractivity contribution >= 4 is 28.8 Å². The van der Waals surface area contributed by atoms with Gasteiger partial charge in [-0.15, -0.1) is 0 Å². The Kier molecular flexibility index (Phi) is 4.70. The van der Waals surface area contributed by atoms with Crippen molar-refractivity contribution in [1.29, 1.82) is 0 Å². The van der Waals surface area contributed by atoms with E-state index in [0.717, 1.165) is 11.3 Å². The molecule has 108 valence electrons. The van der Waals surface area contributed by atoms with Gasteiger partial charge in [-0.3, -0.25) is 4.79 Å². The van der Waals surface area contributed by atoms with Crippen LogP contribution >= 0.6 is 12.2 Å². The molecule has 0 bridgehead atoms. The highest BCUT2D eigenvalue weighted by atomic mass is 32.1. The highest BCUT2D eigenvalue weighted by Gasteiger charge is 2.16. The maximum atomic E-state index is 12.7. The molecule has 21 heavy (non-hydrogen) atoms. The van der Waals surface area contributed by atoms with Crippen LogP contribution in [-0.2, 0) is 0 Å². The molecule has 2 aromatic rings. The molecule has 0 aliphatic heterocycles. The Hall–Kier alpha value is -2.20. The first-order valence-corrected chi connectivity index (χ1v) is 7.22. The fourth-order valence-electron chi connectivity index (χ4n) is 2.20. The number of carbonyl (C=O) groups is 1. The summed E-state index contributed by atoms with van der Waals surface area (Å²) in [6, 6.07) is 15.0. The molecule has 0 saturated carbocycles. The number of hydrogen-bond donors (Lipinski definition) is 1. The Labute approximate surface area is 130 Å². The minimum absolute atomic E-state index is 0.0544. The van der Waals surface area contributed by atoms with Crippen molar-refractivity contribution < 1.29 is 4.79 Å². The van der Waals surface area contributed by atoms with Crippen LogP contribution in [0.2, 0.25) is 0 Å². The summed E-state index contributed by atoms with van der Waals surface area (Å²) in [5, 5.41) is 0. The lowest BCUT2D eigenvalue weighted by molar-refractivity contribution is 0.0988. The van der Waals surface area contributed by atoms with Gasteiger partial charge in [0.1, 0.15) is 4.99 Å². The zero-order valence-corrected chi connectivity index (χ0v) is 13.0. The monoisotopic (exact) mass is 298 g/mol. The molecule has 1 amide bonds. The van der Waals surface area contributed by atoms with Crippen molar-refractivity contribution in [2.45, 2.75) is 13.8 Å². The van der Waals surface area contributed by atoms with Gasteiger partial charge in [0.2, 0.25) is 0 Å². The fraction of sp³-hybridized carbons (Fsp3) is 0.176. The van der Waals surface area contributed by atoms with Crippen molar-refractivity contribution in [3.8, 4) is 0 Å². The molecule has 0 aromatic heterocycles. The number of amides is 1. The summed E-state index contributed by atoms with van der Waals surface area (Å²) in [5.41, 5.74) is 8.93. The molecule has 0 saturated heterocycles. The Morgan fingerprint density at radius 1 is 1.14 bits per heavy atom. The molecule has 0 unspecified atom stereocenters. The second-order valence-electron chi connectivity index (χ2n) is 4.83. The first-order valence-electron chi connectivity index (χ1n) is 6.81. The molecule has 0 spiro atoms. The van der Waals surface area contributed by atoms with E-state index in [2.05, 4.69) is 0 Å². The number of nitrogens with two attached hydrogens (primary N) is 1. The van der Waals surface area contributed by atoms with Crippen molar-refractivity contribution in [3.63, 3.8) is 0 Å². The zero-order valence-electron chi connectivity index (χ0n) is 12.2. The summed E-state index contributed by atoms with van der Waals surface area (Å²) in [5.74, 6) is -0.0544. The Morgan fingerprint density at radius 3 is 2.43 bits per heavy atom. The van der Waals surface area contributed by atoms with Gasteiger partial charge >= 0.3 is 0 Å². The lowest BCUT2D eigenvalue weighted by atomic mass is 10.1. The van der Waals surface area contributed by atoms with Crippen LogP contribution in [-0.4, -0.2) is 17.4 Å². The van der Waals surface area contributed by atoms with Gasteiger partial charge in [-0.2, -0.15) is 0 Å². The van der Waals surface area contributed by atoms with Gasteiger partial charge in [0.05, 0.1) is 0 Å². The SMILES string of the molecule is CCN(C(=O)c1cccc(C(N)=S)c1)c1cccc(C)c1. The Bertz CT molecular complexity index is 682. The number of aryl methyl sites for hydroxylation is 1. The molecule has 3 nitrogen and oxygen atoms in total. The van der Waals surface area contributed by atoms with Crippen molar-refractivity contribution in [2.24, 2.45) is 5.73 Å². The molecule has 2 aromatic carbocycles. The second kappa shape index (κ2) is 6.50. The Balaban J connectivity index is 2.36. The normalized spacial score (nSPS) is 10.2. The molecule has 0 aliphatic carbocycles. The maximum absolute atomic E-state index is 12.7. The predicted molar refractivity (Wildman–Crippen MR) is 90.9 cm³/mol. The first-order chi connectivity index (χ1) is 10.0. The number of anilines is 1. The molecule has 0 heterocycles. The molecule has 2 N–H and O–H groups in total. The average molecular weight is 298 g/mol. The van der Waals surface area contributed by atoms with Crippen LogP contribution in [0, 0.1) is 6.92 Å². The Morgan fingerprint density at radius 2 is 1.81 bits per heavy atom. The van der Waals surface area contributed by atoms with Crippen LogP contribution in [0.3, 0.4) is 0 Å². The van der Waals surface area contributed by atoms with Gasteiger partial charge in [-0.25, -0.2) is 0 Å². The van der Waals surface area contributed by atoms with Crippen LogP contribution in [0.4, 0.5) is 5.69 Å². The van der Waals surface area contributed by atoms with E-state index in [0.29, 0.717) is 22.7 Å². The number of rotatable bonds is 4. The average Bonchev–Trinajstić information content (AvgIpc) is 2.48. The summed E-state index contributed by atoms with van der Waals surface area (Å²) >= 11 is 4.97. The smallest absolute Gasteiger partial charge is 0.258 e. The standard InChI is InChI=1S/C17H18N2OS/c1-3-19(15-9-4-6-12(2)10-15)17(20)14-8-5-7-13(11-14)16(18)21/h4-11H,3H2,1-2H3,(H2,18,21). The summed E-state index contributed by atoms with van der Waals surface area (Å²) < 4.78 is 0. The quantitative estimate of drug-likeness (QED) is 0.881. The number of nitrogens with zero attached hydrogens (tertiary/aromatic N) is 1. The van der Waals surface area contributed by atoms with Gasteiger partial charge in [-0.05, 0) is 43.7 Å².